The van der Waals surface area contributed by atoms with Gasteiger partial charge in [-0.3, -0.25) is 4.72 Å². The van der Waals surface area contributed by atoms with E-state index >= 15 is 0 Å². The summed E-state index contributed by atoms with van der Waals surface area (Å²) >= 11 is 9.80. The van der Waals surface area contributed by atoms with Gasteiger partial charge in [0.05, 0.1) is 25.8 Å². The number of anilines is 2. The first-order valence-electron chi connectivity index (χ1n) is 8.05. The van der Waals surface area contributed by atoms with E-state index in [-0.39, 0.29) is 4.90 Å². The molecular weight excluding hydrogens is 426 g/mol. The predicted octanol–water partition coefficient (Wildman–Crippen LogP) is 4.72. The molecule has 0 atom stereocenters. The summed E-state index contributed by atoms with van der Waals surface area (Å²) in [6.07, 6.45) is 3.48. The normalized spacial score (nSPS) is 15.8. The third-order valence-corrected chi connectivity index (χ3v) is 6.53. The van der Waals surface area contributed by atoms with Crippen molar-refractivity contribution in [1.29, 1.82) is 0 Å². The molecular formula is C17H19BrClN3O2S. The van der Waals surface area contributed by atoms with Crippen LogP contribution in [0.5, 0.6) is 0 Å². The highest BCUT2D eigenvalue weighted by atomic mass is 79.9. The second-order valence-electron chi connectivity index (χ2n) is 5.86. The predicted molar refractivity (Wildman–Crippen MR) is 105 cm³/mol. The second-order valence-corrected chi connectivity index (χ2v) is 8.74. The summed E-state index contributed by atoms with van der Waals surface area (Å²) in [4.78, 5) is 0.211. The van der Waals surface area contributed by atoms with Crippen LogP contribution in [-0.4, -0.2) is 26.5 Å². The first-order valence-corrected chi connectivity index (χ1v) is 10.7. The highest BCUT2D eigenvalue weighted by molar-refractivity contribution is 9.10. The number of nitrogens with zero attached hydrogens (tertiary/aromatic N) is 1. The Morgan fingerprint density at radius 1 is 1.00 bits per heavy atom. The molecule has 2 aromatic rings. The molecule has 0 saturated carbocycles. The molecule has 1 aliphatic rings. The van der Waals surface area contributed by atoms with Crippen molar-refractivity contribution < 1.29 is 8.42 Å². The van der Waals surface area contributed by atoms with Gasteiger partial charge >= 0.3 is 0 Å². The molecule has 2 N–H and O–H groups in total. The van der Waals surface area contributed by atoms with Gasteiger partial charge in [0.1, 0.15) is 0 Å². The van der Waals surface area contributed by atoms with Crippen LogP contribution < -0.4 is 10.1 Å². The molecule has 1 aliphatic heterocycles. The molecule has 0 unspecified atom stereocenters. The highest BCUT2D eigenvalue weighted by Gasteiger charge is 2.19. The topological polar surface area (TPSA) is 61.4 Å². The summed E-state index contributed by atoms with van der Waals surface area (Å²) in [5.41, 5.74) is 4.40. The Balaban J connectivity index is 1.86. The van der Waals surface area contributed by atoms with Crippen molar-refractivity contribution in [3.8, 4) is 0 Å². The van der Waals surface area contributed by atoms with Gasteiger partial charge in [0.25, 0.3) is 10.0 Å². The maximum Gasteiger partial charge on any atom is 0.261 e. The highest BCUT2D eigenvalue weighted by Crippen LogP contribution is 2.38. The summed E-state index contributed by atoms with van der Waals surface area (Å²) < 4.78 is 28.3. The number of benzene rings is 2. The van der Waals surface area contributed by atoms with Crippen molar-refractivity contribution in [2.45, 2.75) is 24.2 Å². The number of hydrogen-bond donors (Lipinski definition) is 2. The lowest BCUT2D eigenvalue weighted by Gasteiger charge is -2.29. The number of hydrogen-bond acceptors (Lipinski definition) is 4. The van der Waals surface area contributed by atoms with Crippen LogP contribution in [0.15, 0.2) is 51.8 Å². The molecule has 8 heteroatoms. The van der Waals surface area contributed by atoms with Gasteiger partial charge in [-0.2, -0.15) is 0 Å². The number of piperidine rings is 1. The number of halogens is 2. The SMILES string of the molecule is O=S(=O)(Nc1ccc(Cl)c(NN2CCCCC2)c1Br)c1ccccc1. The minimum absolute atomic E-state index is 0.211. The molecule has 1 fully saturated rings. The van der Waals surface area contributed by atoms with E-state index in [4.69, 9.17) is 11.6 Å². The van der Waals surface area contributed by atoms with Crippen molar-refractivity contribution in [3.05, 3.63) is 52.0 Å². The Kier molecular flexibility index (Phi) is 5.89. The molecule has 0 bridgehead atoms. The summed E-state index contributed by atoms with van der Waals surface area (Å²) in [5.74, 6) is 0. The van der Waals surface area contributed by atoms with Gasteiger partial charge in [0.15, 0.2) is 0 Å². The van der Waals surface area contributed by atoms with Gasteiger partial charge in [-0.15, -0.1) is 0 Å². The van der Waals surface area contributed by atoms with E-state index in [1.165, 1.54) is 6.42 Å². The largest absolute Gasteiger partial charge is 0.316 e. The van der Waals surface area contributed by atoms with Crippen molar-refractivity contribution >= 4 is 48.9 Å². The lowest BCUT2D eigenvalue weighted by Crippen LogP contribution is -2.35. The van der Waals surface area contributed by atoms with E-state index in [2.05, 4.69) is 31.1 Å². The van der Waals surface area contributed by atoms with E-state index in [9.17, 15) is 8.42 Å². The Hall–Kier alpha value is -1.28. The molecule has 3 rings (SSSR count). The molecule has 0 aliphatic carbocycles. The Morgan fingerprint density at radius 2 is 1.68 bits per heavy atom. The molecule has 134 valence electrons. The maximum absolute atomic E-state index is 12.5. The summed E-state index contributed by atoms with van der Waals surface area (Å²) in [7, 11) is -3.66. The van der Waals surface area contributed by atoms with Gasteiger partial charge in [0, 0.05) is 13.1 Å². The smallest absolute Gasteiger partial charge is 0.261 e. The molecule has 5 nitrogen and oxygen atoms in total. The van der Waals surface area contributed by atoms with E-state index in [0.29, 0.717) is 20.9 Å². The van der Waals surface area contributed by atoms with E-state index < -0.39 is 10.0 Å². The molecule has 0 radical (unpaired) electrons. The van der Waals surface area contributed by atoms with Crippen LogP contribution in [0.3, 0.4) is 0 Å². The van der Waals surface area contributed by atoms with Crippen LogP contribution in [0.25, 0.3) is 0 Å². The third kappa shape index (κ3) is 4.47. The van der Waals surface area contributed by atoms with Gasteiger partial charge in [0.2, 0.25) is 0 Å². The Morgan fingerprint density at radius 3 is 2.36 bits per heavy atom. The molecule has 25 heavy (non-hydrogen) atoms. The fourth-order valence-electron chi connectivity index (χ4n) is 2.70. The lowest BCUT2D eigenvalue weighted by atomic mass is 10.2. The first-order chi connectivity index (χ1) is 12.0. The van der Waals surface area contributed by atoms with Crippen molar-refractivity contribution in [2.75, 3.05) is 23.2 Å². The van der Waals surface area contributed by atoms with Crippen LogP contribution in [-0.2, 0) is 10.0 Å². The number of nitrogens with one attached hydrogen (secondary N) is 2. The molecule has 1 heterocycles. The molecule has 0 spiro atoms. The molecule has 0 aromatic heterocycles. The molecule has 0 amide bonds. The summed E-state index contributed by atoms with van der Waals surface area (Å²) in [5, 5.41) is 2.63. The van der Waals surface area contributed by atoms with E-state index in [1.807, 2.05) is 0 Å². The third-order valence-electron chi connectivity index (χ3n) is 4.01. The molecule has 1 saturated heterocycles. The maximum atomic E-state index is 12.5. The number of sulfonamides is 1. The zero-order chi connectivity index (χ0) is 17.9. The van der Waals surface area contributed by atoms with Crippen LogP contribution in [0.2, 0.25) is 5.02 Å². The molecule has 2 aromatic carbocycles. The quantitative estimate of drug-likeness (QED) is 0.701. The standard InChI is InChI=1S/C17H19BrClN3O2S/c18-16-15(21-25(23,24)13-7-3-1-4-8-13)10-9-14(19)17(16)20-22-11-5-2-6-12-22/h1,3-4,7-10,20-21H,2,5-6,11-12H2. The minimum Gasteiger partial charge on any atom is -0.316 e. The van der Waals surface area contributed by atoms with E-state index in [1.54, 1.807) is 42.5 Å². The zero-order valence-electron chi connectivity index (χ0n) is 13.5. The van der Waals surface area contributed by atoms with Crippen molar-refractivity contribution in [1.82, 2.24) is 5.01 Å². The van der Waals surface area contributed by atoms with Crippen LogP contribution in [0, 0.1) is 0 Å². The number of hydrazine groups is 1. The fraction of sp³-hybridized carbons (Fsp3) is 0.294. The van der Waals surface area contributed by atoms with Gasteiger partial charge < -0.3 is 5.43 Å². The summed E-state index contributed by atoms with van der Waals surface area (Å²) in [6, 6.07) is 11.6. The minimum atomic E-state index is -3.66. The Bertz CT molecular complexity index is 840. The van der Waals surface area contributed by atoms with E-state index in [0.717, 1.165) is 25.9 Å². The van der Waals surface area contributed by atoms with Crippen LogP contribution in [0.4, 0.5) is 11.4 Å². The van der Waals surface area contributed by atoms with Crippen LogP contribution >= 0.6 is 27.5 Å². The van der Waals surface area contributed by atoms with Crippen molar-refractivity contribution in [2.24, 2.45) is 0 Å². The first kappa shape index (κ1) is 18.5. The summed E-state index contributed by atoms with van der Waals surface area (Å²) in [6.45, 7) is 1.87. The van der Waals surface area contributed by atoms with Crippen molar-refractivity contribution in [3.63, 3.8) is 0 Å². The number of rotatable bonds is 5. The van der Waals surface area contributed by atoms with Gasteiger partial charge in [-0.25, -0.2) is 13.4 Å². The van der Waals surface area contributed by atoms with Gasteiger partial charge in [-0.1, -0.05) is 36.2 Å². The average Bonchev–Trinajstić information content (AvgIpc) is 2.63. The average molecular weight is 445 g/mol. The monoisotopic (exact) mass is 443 g/mol. The second kappa shape index (κ2) is 7.95. The van der Waals surface area contributed by atoms with Crippen LogP contribution in [0.1, 0.15) is 19.3 Å². The van der Waals surface area contributed by atoms with Gasteiger partial charge in [-0.05, 0) is 53.0 Å². The Labute approximate surface area is 161 Å². The lowest BCUT2D eigenvalue weighted by molar-refractivity contribution is 0.273. The fourth-order valence-corrected chi connectivity index (χ4v) is 4.77. The zero-order valence-corrected chi connectivity index (χ0v) is 16.7.